The first-order chi connectivity index (χ1) is 17.1. The van der Waals surface area contributed by atoms with Gasteiger partial charge in [-0.2, -0.15) is 23.3 Å². The Hall–Kier alpha value is -3.57. The summed E-state index contributed by atoms with van der Waals surface area (Å²) in [6, 6.07) is 7.86. The number of nitrogens with one attached hydrogen (secondary N) is 1. The van der Waals surface area contributed by atoms with Gasteiger partial charge in [0.15, 0.2) is 5.13 Å². The van der Waals surface area contributed by atoms with E-state index in [0.29, 0.717) is 30.5 Å². The van der Waals surface area contributed by atoms with E-state index in [1.807, 2.05) is 0 Å². The molecule has 186 valence electrons. The number of halogens is 4. The van der Waals surface area contributed by atoms with Gasteiger partial charge in [0, 0.05) is 22.5 Å². The van der Waals surface area contributed by atoms with Gasteiger partial charge in [-0.3, -0.25) is 5.10 Å². The predicted molar refractivity (Wildman–Crippen MR) is 131 cm³/mol. The molecule has 1 atom stereocenters. The van der Waals surface area contributed by atoms with Crippen LogP contribution < -0.4 is 4.90 Å². The van der Waals surface area contributed by atoms with Gasteiger partial charge in [-0.25, -0.2) is 4.79 Å². The Morgan fingerprint density at radius 2 is 2.06 bits per heavy atom. The van der Waals surface area contributed by atoms with E-state index in [2.05, 4.69) is 15.2 Å². The van der Waals surface area contributed by atoms with Gasteiger partial charge in [0.1, 0.15) is 10.9 Å². The molecule has 1 aliphatic rings. The summed E-state index contributed by atoms with van der Waals surface area (Å²) in [6.07, 6.45) is -0.673. The smallest absolute Gasteiger partial charge is 0.417 e. The number of hydrogen-bond acceptors (Lipinski definition) is 6. The minimum atomic E-state index is -4.67. The largest absolute Gasteiger partial charge is 0.492 e. The number of alkyl halides is 3. The van der Waals surface area contributed by atoms with Crippen LogP contribution in [-0.4, -0.2) is 44.0 Å². The van der Waals surface area contributed by atoms with E-state index in [4.69, 9.17) is 11.6 Å². The number of benzene rings is 2. The molecule has 0 unspecified atom stereocenters. The van der Waals surface area contributed by atoms with Crippen molar-refractivity contribution in [2.75, 3.05) is 11.4 Å². The second-order valence-electron chi connectivity index (χ2n) is 8.30. The number of anilines is 1. The number of hydrogen-bond donors (Lipinski definition) is 3. The Balaban J connectivity index is 1.69. The summed E-state index contributed by atoms with van der Waals surface area (Å²) >= 11 is 6.88. The van der Waals surface area contributed by atoms with Crippen molar-refractivity contribution in [2.45, 2.75) is 25.1 Å². The minimum absolute atomic E-state index is 0.0579. The molecule has 1 aliphatic heterocycles. The van der Waals surface area contributed by atoms with Crippen LogP contribution in [0.5, 0.6) is 5.88 Å². The van der Waals surface area contributed by atoms with Crippen molar-refractivity contribution in [1.29, 1.82) is 0 Å². The first-order valence-electron chi connectivity index (χ1n) is 10.8. The van der Waals surface area contributed by atoms with Gasteiger partial charge in [0.05, 0.1) is 17.3 Å². The molecule has 0 bridgehead atoms. The maximum Gasteiger partial charge on any atom is 0.417 e. The van der Waals surface area contributed by atoms with Crippen LogP contribution in [0, 0.1) is 0 Å². The van der Waals surface area contributed by atoms with Crippen LogP contribution in [0.4, 0.5) is 18.3 Å². The van der Waals surface area contributed by atoms with E-state index in [9.17, 15) is 28.2 Å². The zero-order valence-corrected chi connectivity index (χ0v) is 20.0. The molecule has 0 aliphatic carbocycles. The summed E-state index contributed by atoms with van der Waals surface area (Å²) in [7, 11) is 0. The molecule has 3 heterocycles. The van der Waals surface area contributed by atoms with E-state index in [0.717, 1.165) is 28.3 Å². The van der Waals surface area contributed by atoms with E-state index < -0.39 is 29.6 Å². The predicted octanol–water partition coefficient (Wildman–Crippen LogP) is 6.04. The van der Waals surface area contributed by atoms with Gasteiger partial charge in [0.2, 0.25) is 5.88 Å². The van der Waals surface area contributed by atoms with Crippen LogP contribution in [0.1, 0.15) is 34.4 Å². The Labute approximate surface area is 211 Å². The minimum Gasteiger partial charge on any atom is -0.492 e. The molecule has 0 amide bonds. The van der Waals surface area contributed by atoms with Gasteiger partial charge in [-0.05, 0) is 54.3 Å². The molecule has 1 fully saturated rings. The fourth-order valence-corrected chi connectivity index (χ4v) is 5.54. The molecule has 5 rings (SSSR count). The number of aromatic nitrogens is 3. The third-order valence-electron chi connectivity index (χ3n) is 6.00. The third kappa shape index (κ3) is 4.51. The number of aromatic hydroxyl groups is 1. The summed E-state index contributed by atoms with van der Waals surface area (Å²) in [4.78, 5) is 17.7. The van der Waals surface area contributed by atoms with E-state index >= 15 is 0 Å². The summed E-state index contributed by atoms with van der Waals surface area (Å²) in [5.74, 6) is -1.40. The molecular weight excluding hydrogens is 517 g/mol. The number of rotatable bonds is 5. The molecule has 0 spiro atoms. The Morgan fingerprint density at radius 3 is 2.81 bits per heavy atom. The number of carboxylic acid groups (broad SMARTS) is 1. The lowest BCUT2D eigenvalue weighted by molar-refractivity contribution is -0.139. The van der Waals surface area contributed by atoms with Crippen molar-refractivity contribution in [3.63, 3.8) is 0 Å². The fourth-order valence-electron chi connectivity index (χ4n) is 4.30. The maximum atomic E-state index is 13.8. The van der Waals surface area contributed by atoms with Gasteiger partial charge < -0.3 is 15.1 Å². The molecule has 36 heavy (non-hydrogen) atoms. The SMILES string of the molecule is O=C(O)[C@H]1CCCN1c1nc(O)c(C(=Cc2ccc(Cl)cc2C(F)(F)F)c2ccc3[nH]ncc3c2)s1. The van der Waals surface area contributed by atoms with Crippen molar-refractivity contribution in [1.82, 2.24) is 15.2 Å². The van der Waals surface area contributed by atoms with Gasteiger partial charge in [-0.1, -0.05) is 35.1 Å². The summed E-state index contributed by atoms with van der Waals surface area (Å²) in [5, 5.41) is 28.1. The van der Waals surface area contributed by atoms with E-state index in [1.54, 1.807) is 29.3 Å². The molecule has 4 aromatic rings. The van der Waals surface area contributed by atoms with Crippen LogP contribution in [-0.2, 0) is 11.0 Å². The Bertz CT molecular complexity index is 1500. The lowest BCUT2D eigenvalue weighted by Gasteiger charge is -2.19. The van der Waals surface area contributed by atoms with Gasteiger partial charge >= 0.3 is 12.1 Å². The summed E-state index contributed by atoms with van der Waals surface area (Å²) in [6.45, 7) is 0.443. The summed E-state index contributed by atoms with van der Waals surface area (Å²) < 4.78 is 41.5. The molecule has 12 heteroatoms. The molecule has 0 radical (unpaired) electrons. The monoisotopic (exact) mass is 534 g/mol. The van der Waals surface area contributed by atoms with Crippen molar-refractivity contribution >= 4 is 56.6 Å². The highest BCUT2D eigenvalue weighted by Gasteiger charge is 2.35. The molecule has 2 aromatic heterocycles. The van der Waals surface area contributed by atoms with Crippen molar-refractivity contribution in [2.24, 2.45) is 0 Å². The van der Waals surface area contributed by atoms with E-state index in [-0.39, 0.29) is 20.6 Å². The summed E-state index contributed by atoms with van der Waals surface area (Å²) in [5.41, 5.74) is 0.475. The highest BCUT2D eigenvalue weighted by Crippen LogP contribution is 2.43. The molecule has 2 aromatic carbocycles. The quantitative estimate of drug-likeness (QED) is 0.270. The second-order valence-corrected chi connectivity index (χ2v) is 9.71. The first kappa shape index (κ1) is 24.1. The standard InChI is InChI=1S/C24H18ClF3N4O3S/c25-15-5-3-13(17(10-15)24(26,27)28)9-16(12-4-6-18-14(8-12)11-29-31-18)20-21(33)30-23(36-20)32-7-1-2-19(32)22(34)35/h3-6,8-11,19,33H,1-2,7H2,(H,29,31)(H,34,35)/t19-/m1/s1. The van der Waals surface area contributed by atoms with E-state index in [1.165, 1.54) is 18.2 Å². The zero-order valence-electron chi connectivity index (χ0n) is 18.4. The normalized spacial score (nSPS) is 16.7. The van der Waals surface area contributed by atoms with Crippen molar-refractivity contribution in [3.05, 3.63) is 69.2 Å². The van der Waals surface area contributed by atoms with Crippen LogP contribution in [0.3, 0.4) is 0 Å². The number of thiazole rings is 1. The number of H-pyrrole nitrogens is 1. The number of nitrogens with zero attached hydrogens (tertiary/aromatic N) is 3. The highest BCUT2D eigenvalue weighted by atomic mass is 35.5. The number of aromatic amines is 1. The van der Waals surface area contributed by atoms with Crippen molar-refractivity contribution < 1.29 is 28.2 Å². The lowest BCUT2D eigenvalue weighted by Crippen LogP contribution is -2.35. The van der Waals surface area contributed by atoms with Crippen LogP contribution in [0.2, 0.25) is 5.02 Å². The van der Waals surface area contributed by atoms with Crippen LogP contribution >= 0.6 is 22.9 Å². The molecule has 7 nitrogen and oxygen atoms in total. The topological polar surface area (TPSA) is 102 Å². The average molecular weight is 535 g/mol. The Kier molecular flexibility index (Phi) is 6.13. The number of carbonyl (C=O) groups is 1. The number of carboxylic acids is 1. The average Bonchev–Trinajstić information content (AvgIpc) is 3.56. The Morgan fingerprint density at radius 1 is 1.25 bits per heavy atom. The number of aliphatic carboxylic acids is 1. The van der Waals surface area contributed by atoms with Gasteiger partial charge in [-0.15, -0.1) is 0 Å². The lowest BCUT2D eigenvalue weighted by atomic mass is 9.98. The number of fused-ring (bicyclic) bond motifs is 1. The highest BCUT2D eigenvalue weighted by molar-refractivity contribution is 7.17. The maximum absolute atomic E-state index is 13.8. The molecule has 1 saturated heterocycles. The molecule has 0 saturated carbocycles. The molecular formula is C24H18ClF3N4O3S. The van der Waals surface area contributed by atoms with Crippen molar-refractivity contribution in [3.8, 4) is 5.88 Å². The second kappa shape index (κ2) is 9.14. The third-order valence-corrected chi connectivity index (χ3v) is 7.35. The van der Waals surface area contributed by atoms with Gasteiger partial charge in [0.25, 0.3) is 0 Å². The zero-order chi connectivity index (χ0) is 25.6. The van der Waals surface area contributed by atoms with Crippen LogP contribution in [0.15, 0.2) is 42.6 Å². The molecule has 3 N–H and O–H groups in total. The fraction of sp³-hybridized carbons (Fsp3) is 0.208. The van der Waals surface area contributed by atoms with Crippen LogP contribution in [0.25, 0.3) is 22.6 Å². The first-order valence-corrected chi connectivity index (χ1v) is 12.0.